The Bertz CT molecular complexity index is 281. The third-order valence-electron chi connectivity index (χ3n) is 1.10. The Hall–Kier alpha value is -0.920. The van der Waals surface area contributed by atoms with E-state index in [0.29, 0.717) is 0 Å². The van der Waals surface area contributed by atoms with Gasteiger partial charge in [0.25, 0.3) is 10.1 Å². The first-order valence-electron chi connectivity index (χ1n) is 3.79. The minimum absolute atomic E-state index is 0.293. The maximum Gasteiger partial charge on any atom is 0.330 e. The molecule has 0 bridgehead atoms. The number of hydrogen-bond donors (Lipinski definition) is 1. The highest BCUT2D eigenvalue weighted by atomic mass is 32.2. The molecule has 82 valence electrons. The Morgan fingerprint density at radius 2 is 2.07 bits per heavy atom. The molecule has 1 N–H and O–H groups in total. The van der Waals surface area contributed by atoms with Crippen LogP contribution in [0.3, 0.4) is 0 Å². The number of hydrogen-bond acceptors (Lipinski definition) is 6. The number of aliphatic hydroxyl groups is 1. The van der Waals surface area contributed by atoms with Gasteiger partial charge in [-0.3, -0.25) is 4.18 Å². The molecule has 0 saturated carbocycles. The third kappa shape index (κ3) is 6.58. The van der Waals surface area contributed by atoms with Crippen molar-refractivity contribution in [3.8, 4) is 0 Å². The molecule has 0 saturated heterocycles. The molecule has 0 radical (unpaired) electrons. The van der Waals surface area contributed by atoms with Crippen molar-refractivity contribution in [1.82, 2.24) is 0 Å². The molecular weight excluding hydrogens is 212 g/mol. The molecule has 14 heavy (non-hydrogen) atoms. The number of ether oxygens (including phenoxy) is 1. The highest BCUT2D eigenvalue weighted by Gasteiger charge is 2.11. The average molecular weight is 224 g/mol. The Morgan fingerprint density at radius 1 is 1.43 bits per heavy atom. The zero-order valence-corrected chi connectivity index (χ0v) is 8.33. The first kappa shape index (κ1) is 13.1. The fourth-order valence-corrected chi connectivity index (χ4v) is 1.26. The maximum atomic E-state index is 10.9. The highest BCUT2D eigenvalue weighted by molar-refractivity contribution is 7.86. The van der Waals surface area contributed by atoms with Gasteiger partial charge >= 0.3 is 5.97 Å². The molecular formula is C7H12O6S. The van der Waals surface area contributed by atoms with Crippen LogP contribution in [0.5, 0.6) is 0 Å². The average Bonchev–Trinajstić information content (AvgIpc) is 2.14. The maximum absolute atomic E-state index is 10.9. The van der Waals surface area contributed by atoms with E-state index in [-0.39, 0.29) is 19.8 Å². The smallest absolute Gasteiger partial charge is 0.330 e. The fourth-order valence-electron chi connectivity index (χ4n) is 0.526. The standard InChI is InChI=1S/C7H12O6S/c1-2-7(9)12-5-6-14(10,11)13-4-3-8/h2,8H,1,3-6H2. The molecule has 0 aliphatic rings. The van der Waals surface area contributed by atoms with Gasteiger partial charge < -0.3 is 9.84 Å². The van der Waals surface area contributed by atoms with Crippen LogP contribution in [0.2, 0.25) is 0 Å². The molecule has 0 unspecified atom stereocenters. The molecule has 0 heterocycles. The van der Waals surface area contributed by atoms with Gasteiger partial charge in [0.1, 0.15) is 12.4 Å². The lowest BCUT2D eigenvalue weighted by Crippen LogP contribution is -2.18. The van der Waals surface area contributed by atoms with Crippen LogP contribution in [0.25, 0.3) is 0 Å². The van der Waals surface area contributed by atoms with Crippen LogP contribution in [0, 0.1) is 0 Å². The predicted octanol–water partition coefficient (Wildman–Crippen LogP) is -0.946. The Labute approximate surface area is 82.3 Å². The van der Waals surface area contributed by atoms with Crippen molar-refractivity contribution in [3.05, 3.63) is 12.7 Å². The second-order valence-corrected chi connectivity index (χ2v) is 3.94. The number of carbonyl (C=O) groups is 1. The summed E-state index contributed by atoms with van der Waals surface area (Å²) in [6.07, 6.45) is 0.932. The molecule has 0 aromatic carbocycles. The first-order chi connectivity index (χ1) is 6.52. The van der Waals surface area contributed by atoms with Gasteiger partial charge in [-0.1, -0.05) is 6.58 Å². The summed E-state index contributed by atoms with van der Waals surface area (Å²) in [5, 5.41) is 8.29. The summed E-state index contributed by atoms with van der Waals surface area (Å²) in [7, 11) is -3.72. The molecule has 6 nitrogen and oxygen atoms in total. The van der Waals surface area contributed by atoms with Crippen LogP contribution in [0.4, 0.5) is 0 Å². The van der Waals surface area contributed by atoms with Gasteiger partial charge in [0.05, 0.1) is 13.2 Å². The van der Waals surface area contributed by atoms with E-state index in [1.165, 1.54) is 0 Å². The number of carbonyl (C=O) groups excluding carboxylic acids is 1. The van der Waals surface area contributed by atoms with Crippen molar-refractivity contribution < 1.29 is 27.2 Å². The Kier molecular flexibility index (Phi) is 6.09. The van der Waals surface area contributed by atoms with E-state index in [1.54, 1.807) is 0 Å². The summed E-state index contributed by atoms with van der Waals surface area (Å²) in [6.45, 7) is 2.17. The van der Waals surface area contributed by atoms with Crippen molar-refractivity contribution in [1.29, 1.82) is 0 Å². The van der Waals surface area contributed by atoms with Gasteiger partial charge in [0.2, 0.25) is 0 Å². The van der Waals surface area contributed by atoms with E-state index in [9.17, 15) is 13.2 Å². The van der Waals surface area contributed by atoms with Crippen LogP contribution >= 0.6 is 0 Å². The largest absolute Gasteiger partial charge is 0.461 e. The van der Waals surface area contributed by atoms with Gasteiger partial charge in [-0.15, -0.1) is 0 Å². The second-order valence-electron chi connectivity index (χ2n) is 2.18. The molecule has 7 heteroatoms. The zero-order chi connectivity index (χ0) is 11.0. The van der Waals surface area contributed by atoms with E-state index in [4.69, 9.17) is 5.11 Å². The van der Waals surface area contributed by atoms with E-state index in [0.717, 1.165) is 6.08 Å². The van der Waals surface area contributed by atoms with E-state index in [1.807, 2.05) is 0 Å². The number of aliphatic hydroxyl groups excluding tert-OH is 1. The summed E-state index contributed by atoms with van der Waals surface area (Å²) in [5.74, 6) is -1.13. The Balaban J connectivity index is 3.76. The summed E-state index contributed by atoms with van der Waals surface area (Å²) < 4.78 is 30.5. The van der Waals surface area contributed by atoms with Gasteiger partial charge in [0.15, 0.2) is 0 Å². The normalized spacial score (nSPS) is 10.9. The summed E-state index contributed by atoms with van der Waals surface area (Å²) in [4.78, 5) is 10.5. The molecule has 0 fully saturated rings. The van der Waals surface area contributed by atoms with E-state index < -0.39 is 21.8 Å². The highest BCUT2D eigenvalue weighted by Crippen LogP contribution is 1.93. The molecule has 0 aromatic heterocycles. The third-order valence-corrected chi connectivity index (χ3v) is 2.29. The monoisotopic (exact) mass is 224 g/mol. The van der Waals surface area contributed by atoms with Crippen molar-refractivity contribution in [2.45, 2.75) is 0 Å². The van der Waals surface area contributed by atoms with Crippen LogP contribution in [0.1, 0.15) is 0 Å². The van der Waals surface area contributed by atoms with Gasteiger partial charge in [-0.05, 0) is 0 Å². The van der Waals surface area contributed by atoms with Gasteiger partial charge in [0, 0.05) is 6.08 Å². The van der Waals surface area contributed by atoms with Crippen LogP contribution in [-0.2, 0) is 23.8 Å². The van der Waals surface area contributed by atoms with Gasteiger partial charge in [-0.25, -0.2) is 4.79 Å². The van der Waals surface area contributed by atoms with Crippen LogP contribution in [0.15, 0.2) is 12.7 Å². The molecule has 0 aromatic rings. The molecule has 0 amide bonds. The van der Waals surface area contributed by atoms with E-state index in [2.05, 4.69) is 15.5 Å². The van der Waals surface area contributed by atoms with Crippen molar-refractivity contribution in [2.24, 2.45) is 0 Å². The minimum atomic E-state index is -3.72. The lowest BCUT2D eigenvalue weighted by Gasteiger charge is -2.03. The van der Waals surface area contributed by atoms with Crippen LogP contribution < -0.4 is 0 Å². The predicted molar refractivity (Wildman–Crippen MR) is 48.0 cm³/mol. The molecule has 0 aliphatic carbocycles. The quantitative estimate of drug-likeness (QED) is 0.341. The summed E-state index contributed by atoms with van der Waals surface area (Å²) in [5.41, 5.74) is 0. The zero-order valence-electron chi connectivity index (χ0n) is 7.51. The molecule has 0 aliphatic heterocycles. The van der Waals surface area contributed by atoms with Crippen molar-refractivity contribution >= 4 is 16.1 Å². The molecule has 0 rings (SSSR count). The Morgan fingerprint density at radius 3 is 2.57 bits per heavy atom. The number of rotatable bonds is 7. The topological polar surface area (TPSA) is 89.9 Å². The summed E-state index contributed by atoms with van der Waals surface area (Å²) in [6, 6.07) is 0. The first-order valence-corrected chi connectivity index (χ1v) is 5.36. The fraction of sp³-hybridized carbons (Fsp3) is 0.571. The van der Waals surface area contributed by atoms with E-state index >= 15 is 0 Å². The lowest BCUT2D eigenvalue weighted by molar-refractivity contribution is -0.137. The number of esters is 1. The second kappa shape index (κ2) is 6.52. The van der Waals surface area contributed by atoms with Crippen LogP contribution in [-0.4, -0.2) is 45.1 Å². The summed E-state index contributed by atoms with van der Waals surface area (Å²) >= 11 is 0. The lowest BCUT2D eigenvalue weighted by atomic mass is 10.6. The molecule has 0 spiro atoms. The van der Waals surface area contributed by atoms with Crippen molar-refractivity contribution in [2.75, 3.05) is 25.6 Å². The minimum Gasteiger partial charge on any atom is -0.461 e. The SMILES string of the molecule is C=CC(=O)OCCS(=O)(=O)OCCO. The van der Waals surface area contributed by atoms with Gasteiger partial charge in [-0.2, -0.15) is 8.42 Å². The van der Waals surface area contributed by atoms with Crippen molar-refractivity contribution in [3.63, 3.8) is 0 Å². The molecule has 0 atom stereocenters.